The van der Waals surface area contributed by atoms with Gasteiger partial charge in [0.25, 0.3) is 0 Å². The van der Waals surface area contributed by atoms with Crippen LogP contribution in [0.15, 0.2) is 48.5 Å². The molecule has 2 heterocycles. The SMILES string of the molecule is Cc1ccccc1NC(=O)CN1CC(CCN2CCCC2=O)c2ccccc21. The normalized spacial score (nSPS) is 18.5. The highest BCUT2D eigenvalue weighted by molar-refractivity contribution is 5.95. The second kappa shape index (κ2) is 8.05. The van der Waals surface area contributed by atoms with Crippen LogP contribution in [-0.2, 0) is 9.59 Å². The molecule has 146 valence electrons. The van der Waals surface area contributed by atoms with E-state index in [1.54, 1.807) is 0 Å². The number of aryl methyl sites for hydroxylation is 1. The minimum atomic E-state index is -0.000487. The Balaban J connectivity index is 1.41. The predicted molar refractivity (Wildman–Crippen MR) is 112 cm³/mol. The van der Waals surface area contributed by atoms with Gasteiger partial charge in [0.05, 0.1) is 6.54 Å². The fourth-order valence-electron chi connectivity index (χ4n) is 4.31. The number of hydrogen-bond donors (Lipinski definition) is 1. The first-order valence-corrected chi connectivity index (χ1v) is 10.1. The molecular weight excluding hydrogens is 350 g/mol. The number of carbonyl (C=O) groups excluding carboxylic acids is 2. The van der Waals surface area contributed by atoms with Crippen LogP contribution in [0, 0.1) is 6.92 Å². The molecule has 5 nitrogen and oxygen atoms in total. The van der Waals surface area contributed by atoms with Gasteiger partial charge in [0, 0.05) is 43.3 Å². The van der Waals surface area contributed by atoms with E-state index in [-0.39, 0.29) is 11.8 Å². The Labute approximate surface area is 166 Å². The minimum Gasteiger partial charge on any atom is -0.361 e. The van der Waals surface area contributed by atoms with Crippen LogP contribution in [0.25, 0.3) is 0 Å². The van der Waals surface area contributed by atoms with Gasteiger partial charge in [-0.05, 0) is 43.0 Å². The molecule has 0 radical (unpaired) electrons. The Kier molecular flexibility index (Phi) is 5.33. The molecule has 0 aliphatic carbocycles. The topological polar surface area (TPSA) is 52.7 Å². The van der Waals surface area contributed by atoms with Crippen molar-refractivity contribution in [2.45, 2.75) is 32.1 Å². The number of benzene rings is 2. The minimum absolute atomic E-state index is 0.000487. The molecule has 2 aliphatic heterocycles. The molecular formula is C23H27N3O2. The van der Waals surface area contributed by atoms with E-state index in [1.807, 2.05) is 42.2 Å². The second-order valence-electron chi connectivity index (χ2n) is 7.77. The Morgan fingerprint density at radius 2 is 1.89 bits per heavy atom. The van der Waals surface area contributed by atoms with Crippen LogP contribution < -0.4 is 10.2 Å². The van der Waals surface area contributed by atoms with Crippen molar-refractivity contribution < 1.29 is 9.59 Å². The van der Waals surface area contributed by atoms with Crippen LogP contribution in [0.3, 0.4) is 0 Å². The summed E-state index contributed by atoms with van der Waals surface area (Å²) in [4.78, 5) is 28.7. The molecule has 2 aromatic rings. The van der Waals surface area contributed by atoms with Crippen LogP contribution in [0.5, 0.6) is 0 Å². The second-order valence-corrected chi connectivity index (χ2v) is 7.77. The van der Waals surface area contributed by atoms with E-state index >= 15 is 0 Å². The number of para-hydroxylation sites is 2. The molecule has 0 aromatic heterocycles. The molecule has 28 heavy (non-hydrogen) atoms. The van der Waals surface area contributed by atoms with Crippen molar-refractivity contribution in [3.8, 4) is 0 Å². The summed E-state index contributed by atoms with van der Waals surface area (Å²) < 4.78 is 0. The fourth-order valence-corrected chi connectivity index (χ4v) is 4.31. The standard InChI is InChI=1S/C23H27N3O2/c1-17-7-2-4-9-20(17)24-22(27)16-26-15-18(19-8-3-5-10-21(19)26)12-14-25-13-6-11-23(25)28/h2-5,7-10,18H,6,11-16H2,1H3,(H,24,27). The number of hydrogen-bond acceptors (Lipinski definition) is 3. The van der Waals surface area contributed by atoms with Crippen molar-refractivity contribution >= 4 is 23.2 Å². The van der Waals surface area contributed by atoms with E-state index < -0.39 is 0 Å². The lowest BCUT2D eigenvalue weighted by atomic mass is 9.98. The molecule has 2 amide bonds. The number of carbonyl (C=O) groups is 2. The third kappa shape index (κ3) is 3.88. The van der Waals surface area contributed by atoms with E-state index in [9.17, 15) is 9.59 Å². The third-order valence-corrected chi connectivity index (χ3v) is 5.83. The van der Waals surface area contributed by atoms with Gasteiger partial charge in [-0.1, -0.05) is 36.4 Å². The first-order chi connectivity index (χ1) is 13.6. The van der Waals surface area contributed by atoms with Crippen molar-refractivity contribution in [2.24, 2.45) is 0 Å². The molecule has 1 fully saturated rings. The van der Waals surface area contributed by atoms with Gasteiger partial charge < -0.3 is 15.1 Å². The van der Waals surface area contributed by atoms with Gasteiger partial charge in [0.2, 0.25) is 11.8 Å². The maximum absolute atomic E-state index is 12.6. The van der Waals surface area contributed by atoms with E-state index in [1.165, 1.54) is 5.56 Å². The molecule has 1 atom stereocenters. The zero-order chi connectivity index (χ0) is 19.5. The summed E-state index contributed by atoms with van der Waals surface area (Å²) in [5.41, 5.74) is 4.35. The van der Waals surface area contributed by atoms with E-state index in [0.29, 0.717) is 18.9 Å². The average Bonchev–Trinajstić information content (AvgIpc) is 3.25. The quantitative estimate of drug-likeness (QED) is 0.838. The first kappa shape index (κ1) is 18.5. The zero-order valence-electron chi connectivity index (χ0n) is 16.4. The Bertz CT molecular complexity index is 880. The largest absolute Gasteiger partial charge is 0.361 e. The molecule has 2 aromatic carbocycles. The first-order valence-electron chi connectivity index (χ1n) is 10.1. The maximum Gasteiger partial charge on any atom is 0.243 e. The Hall–Kier alpha value is -2.82. The van der Waals surface area contributed by atoms with Crippen LogP contribution in [0.2, 0.25) is 0 Å². The molecule has 0 saturated carbocycles. The van der Waals surface area contributed by atoms with Crippen LogP contribution in [0.1, 0.15) is 36.3 Å². The predicted octanol–water partition coefficient (Wildman–Crippen LogP) is 3.55. The summed E-state index contributed by atoms with van der Waals surface area (Å²) >= 11 is 0. The summed E-state index contributed by atoms with van der Waals surface area (Å²) in [5, 5.41) is 3.03. The summed E-state index contributed by atoms with van der Waals surface area (Å²) in [7, 11) is 0. The van der Waals surface area contributed by atoms with Gasteiger partial charge in [0.15, 0.2) is 0 Å². The van der Waals surface area contributed by atoms with Gasteiger partial charge in [-0.25, -0.2) is 0 Å². The van der Waals surface area contributed by atoms with Crippen molar-refractivity contribution in [1.82, 2.24) is 4.90 Å². The average molecular weight is 377 g/mol. The third-order valence-electron chi connectivity index (χ3n) is 5.83. The number of anilines is 2. The smallest absolute Gasteiger partial charge is 0.243 e. The van der Waals surface area contributed by atoms with Gasteiger partial charge >= 0.3 is 0 Å². The lowest BCUT2D eigenvalue weighted by Gasteiger charge is -2.21. The number of likely N-dealkylation sites (tertiary alicyclic amines) is 1. The molecule has 1 N–H and O–H groups in total. The van der Waals surface area contributed by atoms with Crippen molar-refractivity contribution in [3.63, 3.8) is 0 Å². The van der Waals surface area contributed by atoms with Crippen LogP contribution in [-0.4, -0.2) is 42.9 Å². The summed E-state index contributed by atoms with van der Waals surface area (Å²) in [6, 6.07) is 16.2. The van der Waals surface area contributed by atoms with Crippen molar-refractivity contribution in [3.05, 3.63) is 59.7 Å². The van der Waals surface area contributed by atoms with Gasteiger partial charge in [-0.2, -0.15) is 0 Å². The lowest BCUT2D eigenvalue weighted by molar-refractivity contribution is -0.127. The van der Waals surface area contributed by atoms with Gasteiger partial charge in [-0.3, -0.25) is 9.59 Å². The maximum atomic E-state index is 12.6. The number of rotatable bonds is 6. The highest BCUT2D eigenvalue weighted by Crippen LogP contribution is 2.38. The van der Waals surface area contributed by atoms with E-state index in [4.69, 9.17) is 0 Å². The number of fused-ring (bicyclic) bond motifs is 1. The number of amides is 2. The summed E-state index contributed by atoms with van der Waals surface area (Å²) in [6.45, 7) is 4.85. The molecule has 5 heteroatoms. The zero-order valence-corrected chi connectivity index (χ0v) is 16.4. The number of nitrogens with one attached hydrogen (secondary N) is 1. The molecule has 0 spiro atoms. The van der Waals surface area contributed by atoms with Gasteiger partial charge in [0.1, 0.15) is 0 Å². The lowest BCUT2D eigenvalue weighted by Crippen LogP contribution is -2.33. The van der Waals surface area contributed by atoms with Crippen molar-refractivity contribution in [2.75, 3.05) is 36.4 Å². The highest BCUT2D eigenvalue weighted by atomic mass is 16.2. The van der Waals surface area contributed by atoms with E-state index in [2.05, 4.69) is 28.4 Å². The summed E-state index contributed by atoms with van der Waals surface area (Å²) in [5.74, 6) is 0.635. The van der Waals surface area contributed by atoms with Crippen LogP contribution >= 0.6 is 0 Å². The molecule has 1 unspecified atom stereocenters. The number of nitrogens with zero attached hydrogens (tertiary/aromatic N) is 2. The Morgan fingerprint density at radius 3 is 2.68 bits per heavy atom. The fraction of sp³-hybridized carbons (Fsp3) is 0.391. The van der Waals surface area contributed by atoms with Crippen LogP contribution in [0.4, 0.5) is 11.4 Å². The van der Waals surface area contributed by atoms with E-state index in [0.717, 1.165) is 49.4 Å². The van der Waals surface area contributed by atoms with Gasteiger partial charge in [-0.15, -0.1) is 0 Å². The monoisotopic (exact) mass is 377 g/mol. The summed E-state index contributed by atoms with van der Waals surface area (Å²) in [6.07, 6.45) is 2.61. The molecule has 1 saturated heterocycles. The Morgan fingerprint density at radius 1 is 1.11 bits per heavy atom. The molecule has 0 bridgehead atoms. The van der Waals surface area contributed by atoms with Crippen molar-refractivity contribution in [1.29, 1.82) is 0 Å². The highest BCUT2D eigenvalue weighted by Gasteiger charge is 2.30. The molecule has 2 aliphatic rings. The molecule has 4 rings (SSSR count).